The number of nitrogens with one attached hydrogen (secondary N) is 1. The summed E-state index contributed by atoms with van der Waals surface area (Å²) in [5.74, 6) is 1.35. The first-order chi connectivity index (χ1) is 9.88. The number of anilines is 3. The van der Waals surface area contributed by atoms with Gasteiger partial charge < -0.3 is 25.6 Å². The molecule has 3 N–H and O–H groups in total. The second-order valence-corrected chi connectivity index (χ2v) is 5.98. The molecule has 1 aromatic rings. The van der Waals surface area contributed by atoms with Crippen LogP contribution in [0.25, 0.3) is 0 Å². The molecule has 2 heterocycles. The molecule has 0 amide bonds. The van der Waals surface area contributed by atoms with Gasteiger partial charge in [0.05, 0.1) is 13.2 Å². The van der Waals surface area contributed by atoms with Crippen LogP contribution < -0.4 is 16.0 Å². The number of nitrogens with two attached hydrogens (primary N) is 1. The van der Waals surface area contributed by atoms with Gasteiger partial charge in [-0.3, -0.25) is 0 Å². The highest BCUT2D eigenvalue weighted by atomic mass is 16.5. The molecule has 2 rings (SSSR count). The van der Waals surface area contributed by atoms with Gasteiger partial charge >= 0.3 is 0 Å². The maximum atomic E-state index is 5.79. The molecule has 0 radical (unpaired) electrons. The van der Waals surface area contributed by atoms with Gasteiger partial charge in [0.1, 0.15) is 0 Å². The summed E-state index contributed by atoms with van der Waals surface area (Å²) in [4.78, 5) is 17.0. The summed E-state index contributed by atoms with van der Waals surface area (Å²) < 4.78 is 5.33. The lowest BCUT2D eigenvalue weighted by molar-refractivity contribution is 0.122. The predicted molar refractivity (Wildman–Crippen MR) is 83.5 cm³/mol. The summed E-state index contributed by atoms with van der Waals surface area (Å²) in [5.41, 5.74) is 5.78. The van der Waals surface area contributed by atoms with E-state index in [4.69, 9.17) is 10.5 Å². The zero-order valence-corrected chi connectivity index (χ0v) is 13.3. The number of morpholine rings is 1. The Kier molecular flexibility index (Phi) is 4.79. The van der Waals surface area contributed by atoms with Crippen molar-refractivity contribution in [3.05, 3.63) is 0 Å². The molecule has 1 fully saturated rings. The van der Waals surface area contributed by atoms with Crippen molar-refractivity contribution in [3.8, 4) is 0 Å². The molecule has 21 heavy (non-hydrogen) atoms. The van der Waals surface area contributed by atoms with Gasteiger partial charge in [-0.15, -0.1) is 0 Å². The minimum Gasteiger partial charge on any atom is -0.378 e. The van der Waals surface area contributed by atoms with Crippen LogP contribution in [-0.2, 0) is 4.74 Å². The number of likely N-dealkylation sites (N-methyl/N-ethyl adjacent to an activating group) is 1. The van der Waals surface area contributed by atoms with Gasteiger partial charge in [0.25, 0.3) is 0 Å². The van der Waals surface area contributed by atoms with Crippen LogP contribution in [-0.4, -0.2) is 72.3 Å². The van der Waals surface area contributed by atoms with Crippen molar-refractivity contribution in [2.24, 2.45) is 0 Å². The number of rotatable bonds is 5. The van der Waals surface area contributed by atoms with Crippen LogP contribution in [0.3, 0.4) is 0 Å². The fourth-order valence-corrected chi connectivity index (χ4v) is 1.82. The first-order valence-corrected chi connectivity index (χ1v) is 7.14. The van der Waals surface area contributed by atoms with Crippen LogP contribution in [0.15, 0.2) is 0 Å². The maximum Gasteiger partial charge on any atom is 0.232 e. The molecule has 0 unspecified atom stereocenters. The first-order valence-electron chi connectivity index (χ1n) is 7.14. The monoisotopic (exact) mass is 295 g/mol. The third-order valence-corrected chi connectivity index (χ3v) is 3.82. The highest BCUT2D eigenvalue weighted by Crippen LogP contribution is 2.15. The molecule has 8 heteroatoms. The lowest BCUT2D eigenvalue weighted by atomic mass is 10.1. The van der Waals surface area contributed by atoms with Crippen LogP contribution in [0.1, 0.15) is 13.8 Å². The van der Waals surface area contributed by atoms with E-state index in [0.29, 0.717) is 31.7 Å². The molecule has 0 bridgehead atoms. The second-order valence-electron chi connectivity index (χ2n) is 5.98. The molecular formula is C13H25N7O. The Morgan fingerprint density at radius 1 is 1.24 bits per heavy atom. The smallest absolute Gasteiger partial charge is 0.232 e. The zero-order valence-electron chi connectivity index (χ0n) is 13.3. The van der Waals surface area contributed by atoms with Crippen molar-refractivity contribution in [2.75, 3.05) is 62.9 Å². The molecule has 8 nitrogen and oxygen atoms in total. The number of nitrogen functional groups attached to an aromatic ring is 1. The van der Waals surface area contributed by atoms with E-state index >= 15 is 0 Å². The Labute approximate surface area is 125 Å². The van der Waals surface area contributed by atoms with E-state index < -0.39 is 0 Å². The van der Waals surface area contributed by atoms with Gasteiger partial charge in [0.2, 0.25) is 17.8 Å². The van der Waals surface area contributed by atoms with Crippen LogP contribution in [0.5, 0.6) is 0 Å². The van der Waals surface area contributed by atoms with Crippen LogP contribution >= 0.6 is 0 Å². The van der Waals surface area contributed by atoms with Crippen LogP contribution in [0, 0.1) is 0 Å². The van der Waals surface area contributed by atoms with Crippen molar-refractivity contribution < 1.29 is 4.74 Å². The molecule has 118 valence electrons. The SMILES string of the molecule is CN(C)C(C)(C)CNc1nc(N)nc(N2CCOCC2)n1. The quantitative estimate of drug-likeness (QED) is 0.787. The van der Waals surface area contributed by atoms with Crippen molar-refractivity contribution in [1.29, 1.82) is 0 Å². The summed E-state index contributed by atoms with van der Waals surface area (Å²) in [6.07, 6.45) is 0. The standard InChI is InChI=1S/C13H25N7O/c1-13(2,19(3)4)9-15-11-16-10(14)17-12(18-11)20-5-7-21-8-6-20/h5-9H2,1-4H3,(H3,14,15,16,17,18). The van der Waals surface area contributed by atoms with E-state index in [1.54, 1.807) is 0 Å². The number of hydrogen-bond donors (Lipinski definition) is 2. The molecular weight excluding hydrogens is 270 g/mol. The van der Waals surface area contributed by atoms with Crippen molar-refractivity contribution in [2.45, 2.75) is 19.4 Å². The van der Waals surface area contributed by atoms with Crippen molar-refractivity contribution in [1.82, 2.24) is 19.9 Å². The minimum atomic E-state index is -0.0134. The summed E-state index contributed by atoms with van der Waals surface area (Å²) in [6, 6.07) is 0. The van der Waals surface area contributed by atoms with Gasteiger partial charge in [0, 0.05) is 25.2 Å². The van der Waals surface area contributed by atoms with E-state index in [-0.39, 0.29) is 11.5 Å². The zero-order chi connectivity index (χ0) is 15.5. The first kappa shape index (κ1) is 15.7. The molecule has 1 saturated heterocycles. The largest absolute Gasteiger partial charge is 0.378 e. The molecule has 0 spiro atoms. The Morgan fingerprint density at radius 3 is 2.52 bits per heavy atom. The third kappa shape index (κ3) is 4.15. The van der Waals surface area contributed by atoms with Gasteiger partial charge in [-0.25, -0.2) is 0 Å². The van der Waals surface area contributed by atoms with Gasteiger partial charge in [0.15, 0.2) is 0 Å². The van der Waals surface area contributed by atoms with E-state index in [0.717, 1.165) is 13.1 Å². The van der Waals surface area contributed by atoms with E-state index in [9.17, 15) is 0 Å². The number of ether oxygens (including phenoxy) is 1. The van der Waals surface area contributed by atoms with Gasteiger partial charge in [-0.1, -0.05) is 0 Å². The fourth-order valence-electron chi connectivity index (χ4n) is 1.82. The maximum absolute atomic E-state index is 5.79. The Balaban J connectivity index is 2.08. The average Bonchev–Trinajstić information content (AvgIpc) is 2.45. The summed E-state index contributed by atoms with van der Waals surface area (Å²) in [6.45, 7) is 7.91. The number of aromatic nitrogens is 3. The predicted octanol–water partition coefficient (Wildman–Crippen LogP) is 0.0425. The fraction of sp³-hybridized carbons (Fsp3) is 0.769. The van der Waals surface area contributed by atoms with E-state index in [2.05, 4.69) is 43.9 Å². The molecule has 0 atom stereocenters. The molecule has 0 saturated carbocycles. The summed E-state index contributed by atoms with van der Waals surface area (Å²) >= 11 is 0. The van der Waals surface area contributed by atoms with E-state index in [1.165, 1.54) is 0 Å². The van der Waals surface area contributed by atoms with Gasteiger partial charge in [-0.05, 0) is 27.9 Å². The second kappa shape index (κ2) is 6.40. The topological polar surface area (TPSA) is 92.4 Å². The number of nitrogens with zero attached hydrogens (tertiary/aromatic N) is 5. The van der Waals surface area contributed by atoms with E-state index in [1.807, 2.05) is 14.1 Å². The molecule has 0 aromatic carbocycles. The van der Waals surface area contributed by atoms with Crippen molar-refractivity contribution in [3.63, 3.8) is 0 Å². The van der Waals surface area contributed by atoms with Gasteiger partial charge in [-0.2, -0.15) is 15.0 Å². The Bertz CT molecular complexity index is 472. The molecule has 1 aliphatic rings. The van der Waals surface area contributed by atoms with Crippen LogP contribution in [0.4, 0.5) is 17.8 Å². The average molecular weight is 295 g/mol. The summed E-state index contributed by atoms with van der Waals surface area (Å²) in [5, 5.41) is 3.24. The molecule has 0 aliphatic carbocycles. The Hall–Kier alpha value is -1.67. The lowest BCUT2D eigenvalue weighted by Gasteiger charge is -2.32. The Morgan fingerprint density at radius 2 is 1.90 bits per heavy atom. The highest BCUT2D eigenvalue weighted by Gasteiger charge is 2.21. The summed E-state index contributed by atoms with van der Waals surface area (Å²) in [7, 11) is 4.09. The molecule has 1 aliphatic heterocycles. The molecule has 1 aromatic heterocycles. The lowest BCUT2D eigenvalue weighted by Crippen LogP contribution is -2.44. The van der Waals surface area contributed by atoms with Crippen molar-refractivity contribution >= 4 is 17.8 Å². The number of hydrogen-bond acceptors (Lipinski definition) is 8. The minimum absolute atomic E-state index is 0.0134. The highest BCUT2D eigenvalue weighted by molar-refractivity contribution is 5.42. The third-order valence-electron chi connectivity index (χ3n) is 3.82. The van der Waals surface area contributed by atoms with Crippen LogP contribution in [0.2, 0.25) is 0 Å². The normalized spacial score (nSPS) is 16.3.